The molecule has 1 fully saturated rings. The standard InChI is InChI=1S/C13H15I2NO3S/c14-9-7-10(12(17)11(15)8-9)13(18)19-4-1-16-2-5-20-6-3-16/h7-8,17H,1-6H2/p+1. The molecule has 0 spiro atoms. The van der Waals surface area contributed by atoms with Crippen LogP contribution in [0.15, 0.2) is 12.1 Å². The molecule has 0 radical (unpaired) electrons. The molecule has 1 heterocycles. The van der Waals surface area contributed by atoms with Crippen LogP contribution in [0.5, 0.6) is 5.75 Å². The van der Waals surface area contributed by atoms with E-state index < -0.39 is 5.97 Å². The van der Waals surface area contributed by atoms with Gasteiger partial charge in [-0.15, -0.1) is 0 Å². The summed E-state index contributed by atoms with van der Waals surface area (Å²) in [5, 5.41) is 9.92. The molecule has 0 bridgehead atoms. The zero-order chi connectivity index (χ0) is 14.5. The highest BCUT2D eigenvalue weighted by Gasteiger charge is 2.18. The van der Waals surface area contributed by atoms with Gasteiger partial charge in [-0.25, -0.2) is 4.79 Å². The molecular formula is C13H16I2NO3S+. The van der Waals surface area contributed by atoms with E-state index in [0.29, 0.717) is 10.2 Å². The number of aromatic hydroxyl groups is 1. The predicted molar refractivity (Wildman–Crippen MR) is 96.7 cm³/mol. The first-order chi connectivity index (χ1) is 9.58. The van der Waals surface area contributed by atoms with Crippen LogP contribution in [-0.4, -0.2) is 48.8 Å². The number of phenolic OH excluding ortho intramolecular Hbond substituents is 1. The van der Waals surface area contributed by atoms with Crippen LogP contribution in [0.4, 0.5) is 0 Å². The predicted octanol–water partition coefficient (Wildman–Crippen LogP) is 1.39. The number of carbonyl (C=O) groups excluding carboxylic acids is 1. The summed E-state index contributed by atoms with van der Waals surface area (Å²) in [5.41, 5.74) is 0.255. The molecular weight excluding hydrogens is 504 g/mol. The van der Waals surface area contributed by atoms with E-state index in [2.05, 4.69) is 22.6 Å². The molecule has 4 nitrogen and oxygen atoms in total. The average Bonchev–Trinajstić information content (AvgIpc) is 2.44. The molecule has 0 saturated carbocycles. The van der Waals surface area contributed by atoms with E-state index in [9.17, 15) is 9.90 Å². The molecule has 1 saturated heterocycles. The number of phenols is 1. The van der Waals surface area contributed by atoms with Crippen LogP contribution in [0, 0.1) is 7.14 Å². The van der Waals surface area contributed by atoms with Gasteiger partial charge in [0.1, 0.15) is 24.5 Å². The van der Waals surface area contributed by atoms with Gasteiger partial charge in [-0.05, 0) is 57.3 Å². The summed E-state index contributed by atoms with van der Waals surface area (Å²) < 4.78 is 6.87. The van der Waals surface area contributed by atoms with Crippen molar-refractivity contribution in [3.05, 3.63) is 24.8 Å². The van der Waals surface area contributed by atoms with Crippen LogP contribution in [0.2, 0.25) is 0 Å². The molecule has 0 aromatic heterocycles. The fourth-order valence-electron chi connectivity index (χ4n) is 2.00. The van der Waals surface area contributed by atoms with Crippen LogP contribution in [0.3, 0.4) is 0 Å². The minimum Gasteiger partial charge on any atom is -0.506 e. The highest BCUT2D eigenvalue weighted by atomic mass is 127. The largest absolute Gasteiger partial charge is 0.506 e. The maximum absolute atomic E-state index is 12.0. The summed E-state index contributed by atoms with van der Waals surface area (Å²) in [6.45, 7) is 3.51. The van der Waals surface area contributed by atoms with Crippen molar-refractivity contribution in [2.45, 2.75) is 0 Å². The Bertz CT molecular complexity index is 493. The van der Waals surface area contributed by atoms with Crippen LogP contribution in [-0.2, 0) is 4.74 Å². The molecule has 1 aromatic rings. The highest BCUT2D eigenvalue weighted by molar-refractivity contribution is 14.1. The number of halogens is 2. The van der Waals surface area contributed by atoms with Gasteiger partial charge in [0.25, 0.3) is 0 Å². The number of quaternary nitrogens is 1. The van der Waals surface area contributed by atoms with Gasteiger partial charge in [0.2, 0.25) is 0 Å². The Morgan fingerprint density at radius 1 is 1.35 bits per heavy atom. The average molecular weight is 520 g/mol. The van der Waals surface area contributed by atoms with Crippen molar-refractivity contribution in [2.24, 2.45) is 0 Å². The Morgan fingerprint density at radius 3 is 2.75 bits per heavy atom. The molecule has 0 unspecified atom stereocenters. The third kappa shape index (κ3) is 4.63. The first-order valence-corrected chi connectivity index (χ1v) is 9.65. The number of ether oxygens (including phenoxy) is 1. The van der Waals surface area contributed by atoms with Crippen molar-refractivity contribution in [1.29, 1.82) is 0 Å². The first-order valence-electron chi connectivity index (χ1n) is 6.34. The Morgan fingerprint density at radius 2 is 2.05 bits per heavy atom. The number of carbonyl (C=O) groups is 1. The smallest absolute Gasteiger partial charge is 0.342 e. The van der Waals surface area contributed by atoms with Gasteiger partial charge in [-0.3, -0.25) is 0 Å². The van der Waals surface area contributed by atoms with Gasteiger partial charge in [0.05, 0.1) is 16.7 Å². The lowest BCUT2D eigenvalue weighted by atomic mass is 10.2. The number of hydrogen-bond acceptors (Lipinski definition) is 4. The van der Waals surface area contributed by atoms with Crippen molar-refractivity contribution >= 4 is 62.9 Å². The van der Waals surface area contributed by atoms with Gasteiger partial charge in [-0.2, -0.15) is 11.8 Å². The van der Waals surface area contributed by atoms with Crippen molar-refractivity contribution in [3.63, 3.8) is 0 Å². The van der Waals surface area contributed by atoms with Crippen molar-refractivity contribution in [3.8, 4) is 5.75 Å². The Hall–Kier alpha value is 0.260. The van der Waals surface area contributed by atoms with Crippen LogP contribution >= 0.6 is 56.9 Å². The van der Waals surface area contributed by atoms with Gasteiger partial charge in [-0.1, -0.05) is 0 Å². The first kappa shape index (κ1) is 16.6. The van der Waals surface area contributed by atoms with E-state index in [4.69, 9.17) is 4.74 Å². The number of nitrogens with one attached hydrogen (secondary N) is 1. The Kier molecular flexibility index (Phi) is 6.69. The quantitative estimate of drug-likeness (QED) is 0.466. The minimum absolute atomic E-state index is 0.0118. The number of hydrogen-bond donors (Lipinski definition) is 2. The zero-order valence-electron chi connectivity index (χ0n) is 10.8. The third-order valence-corrected chi connectivity index (χ3v) is 5.57. The van der Waals surface area contributed by atoms with E-state index in [1.54, 1.807) is 6.07 Å². The molecule has 20 heavy (non-hydrogen) atoms. The lowest BCUT2D eigenvalue weighted by molar-refractivity contribution is -0.896. The van der Waals surface area contributed by atoms with Gasteiger partial charge >= 0.3 is 5.97 Å². The van der Waals surface area contributed by atoms with E-state index in [1.807, 2.05) is 40.4 Å². The second kappa shape index (κ2) is 8.04. The maximum atomic E-state index is 12.0. The molecule has 0 atom stereocenters. The second-order valence-corrected chi connectivity index (χ2v) is 8.16. The van der Waals surface area contributed by atoms with Gasteiger partial charge in [0, 0.05) is 15.1 Å². The molecule has 7 heteroatoms. The molecule has 1 aliphatic rings. The lowest BCUT2D eigenvalue weighted by Gasteiger charge is -2.22. The van der Waals surface area contributed by atoms with E-state index in [-0.39, 0.29) is 11.3 Å². The minimum atomic E-state index is -0.440. The van der Waals surface area contributed by atoms with Crippen molar-refractivity contribution in [1.82, 2.24) is 0 Å². The fraction of sp³-hybridized carbons (Fsp3) is 0.462. The Labute approximate surface area is 149 Å². The number of esters is 1. The molecule has 1 aliphatic heterocycles. The summed E-state index contributed by atoms with van der Waals surface area (Å²) in [6.07, 6.45) is 0. The molecule has 1 aromatic carbocycles. The van der Waals surface area contributed by atoms with E-state index in [1.165, 1.54) is 16.4 Å². The fourth-order valence-corrected chi connectivity index (χ4v) is 4.91. The second-order valence-electron chi connectivity index (χ2n) is 4.53. The molecule has 2 rings (SSSR count). The summed E-state index contributed by atoms with van der Waals surface area (Å²) >= 11 is 6.11. The lowest BCUT2D eigenvalue weighted by Crippen LogP contribution is -3.14. The highest BCUT2D eigenvalue weighted by Crippen LogP contribution is 2.27. The van der Waals surface area contributed by atoms with Crippen LogP contribution in [0.1, 0.15) is 10.4 Å². The monoisotopic (exact) mass is 520 g/mol. The SMILES string of the molecule is O=C(OCC[NH+]1CCSCC1)c1cc(I)cc(I)c1O. The number of thioether (sulfide) groups is 1. The van der Waals surface area contributed by atoms with E-state index >= 15 is 0 Å². The number of benzene rings is 1. The molecule has 2 N–H and O–H groups in total. The zero-order valence-corrected chi connectivity index (χ0v) is 16.0. The third-order valence-electron chi connectivity index (χ3n) is 3.14. The van der Waals surface area contributed by atoms with Crippen molar-refractivity contribution in [2.75, 3.05) is 37.7 Å². The summed E-state index contributed by atoms with van der Waals surface area (Å²) in [7, 11) is 0. The summed E-state index contributed by atoms with van der Waals surface area (Å²) in [4.78, 5) is 13.5. The molecule has 110 valence electrons. The summed E-state index contributed by atoms with van der Waals surface area (Å²) in [6, 6.07) is 3.48. The van der Waals surface area contributed by atoms with Gasteiger partial charge in [0.15, 0.2) is 0 Å². The van der Waals surface area contributed by atoms with Crippen molar-refractivity contribution < 1.29 is 19.5 Å². The van der Waals surface area contributed by atoms with E-state index in [0.717, 1.165) is 23.2 Å². The summed E-state index contributed by atoms with van der Waals surface area (Å²) in [5.74, 6) is 1.93. The van der Waals surface area contributed by atoms with Gasteiger partial charge < -0.3 is 14.7 Å². The topological polar surface area (TPSA) is 51.0 Å². The molecule has 0 aliphatic carbocycles. The number of rotatable bonds is 4. The normalized spacial score (nSPS) is 16.1. The van der Waals surface area contributed by atoms with Crippen LogP contribution in [0.25, 0.3) is 0 Å². The molecule has 0 amide bonds. The Balaban J connectivity index is 1.88. The van der Waals surface area contributed by atoms with Crippen LogP contribution < -0.4 is 4.90 Å². The maximum Gasteiger partial charge on any atom is 0.342 e.